The predicted molar refractivity (Wildman–Crippen MR) is 159 cm³/mol. The number of amides is 1. The molecule has 220 valence electrons. The number of rotatable bonds is 9. The monoisotopic (exact) mass is 593 g/mol. The van der Waals surface area contributed by atoms with Gasteiger partial charge in [-0.2, -0.15) is 0 Å². The van der Waals surface area contributed by atoms with E-state index in [1.165, 1.54) is 24.5 Å². The van der Waals surface area contributed by atoms with Crippen molar-refractivity contribution in [2.24, 2.45) is 5.92 Å². The van der Waals surface area contributed by atoms with Crippen molar-refractivity contribution in [3.05, 3.63) is 59.7 Å². The van der Waals surface area contributed by atoms with Gasteiger partial charge in [-0.05, 0) is 68.7 Å². The molecule has 1 amide bonds. The third-order valence-electron chi connectivity index (χ3n) is 8.09. The van der Waals surface area contributed by atoms with Crippen LogP contribution in [0.25, 0.3) is 10.9 Å². The summed E-state index contributed by atoms with van der Waals surface area (Å²) in [6.07, 6.45) is 11.1. The van der Waals surface area contributed by atoms with Crippen molar-refractivity contribution in [1.82, 2.24) is 14.9 Å². The molecule has 1 spiro atoms. The molecular formula is C31H33ClFN5O4. The molecule has 3 aliphatic rings. The molecule has 1 aliphatic carbocycles. The maximum Gasteiger partial charge on any atom is 0.306 e. The Morgan fingerprint density at radius 3 is 2.79 bits per heavy atom. The van der Waals surface area contributed by atoms with Gasteiger partial charge in [0.05, 0.1) is 22.8 Å². The smallest absolute Gasteiger partial charge is 0.306 e. The second-order valence-electron chi connectivity index (χ2n) is 11.3. The Morgan fingerprint density at radius 2 is 2.02 bits per heavy atom. The lowest BCUT2D eigenvalue weighted by molar-refractivity contribution is -0.173. The van der Waals surface area contributed by atoms with Crippen molar-refractivity contribution >= 4 is 51.6 Å². The summed E-state index contributed by atoms with van der Waals surface area (Å²) in [5.41, 5.74) is 1.40. The van der Waals surface area contributed by atoms with Gasteiger partial charge in [0, 0.05) is 49.3 Å². The first-order chi connectivity index (χ1) is 20.4. The number of likely N-dealkylation sites (tertiary alicyclic amines) is 1. The van der Waals surface area contributed by atoms with Crippen LogP contribution in [0.1, 0.15) is 44.9 Å². The SMILES string of the molecule is O=C(/C=C/CN1CCC2(CCCC(=O)O2)CC1)Nc1cc2c(Nc3ccc(F)c(Cl)c3)ncnc2cc1OCC1CC1. The molecule has 42 heavy (non-hydrogen) atoms. The van der Waals surface area contributed by atoms with E-state index < -0.39 is 5.82 Å². The molecule has 0 bridgehead atoms. The van der Waals surface area contributed by atoms with E-state index in [-0.39, 0.29) is 22.5 Å². The minimum Gasteiger partial charge on any atom is -0.491 e. The van der Waals surface area contributed by atoms with Gasteiger partial charge in [-0.1, -0.05) is 17.7 Å². The fraction of sp³-hybridized carbons (Fsp3) is 0.419. The standard InChI is InChI=1S/C31H33ClFN5O4/c32-23-15-21(7-8-24(23)33)36-30-22-16-26(27(41-18-20-5-6-20)17-25(22)34-19-35-30)37-28(39)3-2-12-38-13-10-31(11-14-38)9-1-4-29(40)42-31/h2-3,7-8,15-17,19-20H,1,4-6,9-14,18H2,(H,37,39)(H,34,35,36)/b3-2+. The Hall–Kier alpha value is -3.76. The van der Waals surface area contributed by atoms with Crippen LogP contribution in [0, 0.1) is 11.7 Å². The van der Waals surface area contributed by atoms with Crippen LogP contribution in [0.3, 0.4) is 0 Å². The lowest BCUT2D eigenvalue weighted by Gasteiger charge is -2.43. The van der Waals surface area contributed by atoms with Crippen LogP contribution >= 0.6 is 11.6 Å². The number of piperidine rings is 1. The van der Waals surface area contributed by atoms with E-state index in [1.54, 1.807) is 18.2 Å². The summed E-state index contributed by atoms with van der Waals surface area (Å²) in [7, 11) is 0. The molecule has 0 unspecified atom stereocenters. The molecule has 2 N–H and O–H groups in total. The predicted octanol–water partition coefficient (Wildman–Crippen LogP) is 6.01. The lowest BCUT2D eigenvalue weighted by Crippen LogP contribution is -2.48. The molecule has 11 heteroatoms. The van der Waals surface area contributed by atoms with Crippen LogP contribution in [0.4, 0.5) is 21.6 Å². The number of hydrogen-bond acceptors (Lipinski definition) is 8. The molecule has 1 saturated carbocycles. The molecule has 6 rings (SSSR count). The Morgan fingerprint density at radius 1 is 1.19 bits per heavy atom. The number of hydrogen-bond donors (Lipinski definition) is 2. The lowest BCUT2D eigenvalue weighted by atomic mass is 9.84. The second kappa shape index (κ2) is 12.2. The van der Waals surface area contributed by atoms with E-state index in [1.807, 2.05) is 6.08 Å². The number of ether oxygens (including phenoxy) is 2. The molecular weight excluding hydrogens is 561 g/mol. The first-order valence-corrected chi connectivity index (χ1v) is 14.8. The van der Waals surface area contributed by atoms with Crippen molar-refractivity contribution in [1.29, 1.82) is 0 Å². The number of fused-ring (bicyclic) bond motifs is 1. The van der Waals surface area contributed by atoms with Gasteiger partial charge in [-0.25, -0.2) is 14.4 Å². The van der Waals surface area contributed by atoms with E-state index >= 15 is 0 Å². The minimum atomic E-state index is -0.510. The molecule has 2 aromatic carbocycles. The molecule has 2 saturated heterocycles. The average Bonchev–Trinajstić information content (AvgIpc) is 3.80. The number of benzene rings is 2. The normalized spacial score (nSPS) is 18.8. The first-order valence-electron chi connectivity index (χ1n) is 14.4. The summed E-state index contributed by atoms with van der Waals surface area (Å²) in [5.74, 6) is 0.662. The number of anilines is 3. The molecule has 3 aromatic rings. The molecule has 0 atom stereocenters. The average molecular weight is 594 g/mol. The largest absolute Gasteiger partial charge is 0.491 e. The number of carbonyl (C=O) groups is 2. The third-order valence-corrected chi connectivity index (χ3v) is 8.38. The highest BCUT2D eigenvalue weighted by atomic mass is 35.5. The molecule has 3 heterocycles. The van der Waals surface area contributed by atoms with Crippen LogP contribution in [0.2, 0.25) is 5.02 Å². The topological polar surface area (TPSA) is 106 Å². The first kappa shape index (κ1) is 28.4. The van der Waals surface area contributed by atoms with Crippen LogP contribution in [-0.2, 0) is 14.3 Å². The Bertz CT molecular complexity index is 1520. The zero-order valence-corrected chi connectivity index (χ0v) is 24.0. The van der Waals surface area contributed by atoms with Crippen LogP contribution in [-0.4, -0.2) is 58.6 Å². The number of halogens is 2. The summed E-state index contributed by atoms with van der Waals surface area (Å²) >= 11 is 5.96. The summed E-state index contributed by atoms with van der Waals surface area (Å²) in [4.78, 5) is 35.8. The summed E-state index contributed by atoms with van der Waals surface area (Å²) < 4.78 is 25.5. The van der Waals surface area contributed by atoms with Gasteiger partial charge in [0.2, 0.25) is 5.91 Å². The highest BCUT2D eigenvalue weighted by Gasteiger charge is 2.40. The number of nitrogens with zero attached hydrogens (tertiary/aromatic N) is 3. The number of esters is 1. The number of carbonyl (C=O) groups excluding carboxylic acids is 2. The molecule has 0 radical (unpaired) electrons. The van der Waals surface area contributed by atoms with Crippen molar-refractivity contribution in [2.45, 2.75) is 50.5 Å². The highest BCUT2D eigenvalue weighted by Crippen LogP contribution is 2.37. The van der Waals surface area contributed by atoms with E-state index in [2.05, 4.69) is 25.5 Å². The van der Waals surface area contributed by atoms with Crippen LogP contribution < -0.4 is 15.4 Å². The highest BCUT2D eigenvalue weighted by molar-refractivity contribution is 6.31. The Kier molecular flexibility index (Phi) is 8.26. The minimum absolute atomic E-state index is 0.00431. The van der Waals surface area contributed by atoms with Gasteiger partial charge in [0.25, 0.3) is 0 Å². The third kappa shape index (κ3) is 6.82. The molecule has 1 aromatic heterocycles. The molecule has 3 fully saturated rings. The maximum atomic E-state index is 13.7. The van der Waals surface area contributed by atoms with Gasteiger partial charge < -0.3 is 20.1 Å². The van der Waals surface area contributed by atoms with Gasteiger partial charge in [-0.3, -0.25) is 14.5 Å². The van der Waals surface area contributed by atoms with Crippen molar-refractivity contribution in [3.8, 4) is 5.75 Å². The second-order valence-corrected chi connectivity index (χ2v) is 11.7. The van der Waals surface area contributed by atoms with Gasteiger partial charge in [-0.15, -0.1) is 0 Å². The van der Waals surface area contributed by atoms with Crippen molar-refractivity contribution in [3.63, 3.8) is 0 Å². The summed E-state index contributed by atoms with van der Waals surface area (Å²) in [5, 5.41) is 6.78. The summed E-state index contributed by atoms with van der Waals surface area (Å²) in [6, 6.07) is 7.91. The Labute approximate surface area is 248 Å². The zero-order valence-electron chi connectivity index (χ0n) is 23.2. The van der Waals surface area contributed by atoms with Gasteiger partial charge in [0.1, 0.15) is 29.3 Å². The van der Waals surface area contributed by atoms with Crippen molar-refractivity contribution < 1.29 is 23.5 Å². The fourth-order valence-electron chi connectivity index (χ4n) is 5.48. The van der Waals surface area contributed by atoms with E-state index in [4.69, 9.17) is 21.1 Å². The van der Waals surface area contributed by atoms with Gasteiger partial charge in [0.15, 0.2) is 0 Å². The van der Waals surface area contributed by atoms with E-state index in [9.17, 15) is 14.0 Å². The number of nitrogens with one attached hydrogen (secondary N) is 2. The van der Waals surface area contributed by atoms with Gasteiger partial charge >= 0.3 is 5.97 Å². The zero-order chi connectivity index (χ0) is 29.1. The van der Waals surface area contributed by atoms with Crippen LogP contribution in [0.15, 0.2) is 48.8 Å². The summed E-state index contributed by atoms with van der Waals surface area (Å²) in [6.45, 7) is 2.83. The van der Waals surface area contributed by atoms with E-state index in [0.717, 1.165) is 51.6 Å². The van der Waals surface area contributed by atoms with Crippen molar-refractivity contribution in [2.75, 3.05) is 36.9 Å². The fourth-order valence-corrected chi connectivity index (χ4v) is 5.66. The van der Waals surface area contributed by atoms with Crippen LogP contribution in [0.5, 0.6) is 5.75 Å². The quantitative estimate of drug-likeness (QED) is 0.229. The Balaban J connectivity index is 1.14. The molecule has 9 nitrogen and oxygen atoms in total. The maximum absolute atomic E-state index is 13.7. The van der Waals surface area contributed by atoms with E-state index in [0.29, 0.717) is 59.3 Å². The number of aromatic nitrogens is 2. The molecule has 2 aliphatic heterocycles.